The van der Waals surface area contributed by atoms with Crippen LogP contribution in [0.1, 0.15) is 31.4 Å². The van der Waals surface area contributed by atoms with E-state index in [1.165, 1.54) is 5.56 Å². The minimum atomic E-state index is 0.420. The smallest absolute Gasteiger partial charge is 0.214 e. The van der Waals surface area contributed by atoms with Crippen LogP contribution in [0, 0.1) is 0 Å². The third kappa shape index (κ3) is 4.05. The van der Waals surface area contributed by atoms with Gasteiger partial charge in [0.15, 0.2) is 0 Å². The summed E-state index contributed by atoms with van der Waals surface area (Å²) >= 11 is 7.57. The minimum absolute atomic E-state index is 0.420. The van der Waals surface area contributed by atoms with Crippen LogP contribution in [0.4, 0.5) is 5.13 Å². The molecule has 0 amide bonds. The van der Waals surface area contributed by atoms with Gasteiger partial charge in [0.2, 0.25) is 10.1 Å². The van der Waals surface area contributed by atoms with Crippen LogP contribution in [-0.2, 0) is 0 Å². The van der Waals surface area contributed by atoms with Crippen LogP contribution in [0.15, 0.2) is 55.0 Å². The zero-order valence-electron chi connectivity index (χ0n) is 16.7. The van der Waals surface area contributed by atoms with Gasteiger partial charge in [0, 0.05) is 48.2 Å². The van der Waals surface area contributed by atoms with Crippen molar-refractivity contribution in [2.45, 2.75) is 31.8 Å². The van der Waals surface area contributed by atoms with Crippen molar-refractivity contribution in [3.05, 3.63) is 65.6 Å². The molecular weight excluding hydrogens is 416 g/mol. The van der Waals surface area contributed by atoms with E-state index < -0.39 is 0 Å². The number of likely N-dealkylation sites (tertiary alicyclic amines) is 1. The molecule has 1 N–H and O–H groups in total. The third-order valence-electron chi connectivity index (χ3n) is 5.78. The lowest BCUT2D eigenvalue weighted by Gasteiger charge is -2.36. The maximum Gasteiger partial charge on any atom is 0.214 e. The summed E-state index contributed by atoms with van der Waals surface area (Å²) in [6.07, 6.45) is 7.93. The van der Waals surface area contributed by atoms with E-state index in [0.717, 1.165) is 52.3 Å². The van der Waals surface area contributed by atoms with E-state index in [9.17, 15) is 0 Å². The predicted octanol–water partition coefficient (Wildman–Crippen LogP) is 5.14. The highest BCUT2D eigenvalue weighted by Crippen LogP contribution is 2.28. The molecule has 1 aliphatic heterocycles. The van der Waals surface area contributed by atoms with Gasteiger partial charge in [-0.2, -0.15) is 0 Å². The fraction of sp³-hybridized carbons (Fsp3) is 0.318. The first-order valence-corrected chi connectivity index (χ1v) is 11.4. The Bertz CT molecular complexity index is 1080. The lowest BCUT2D eigenvalue weighted by Crippen LogP contribution is -2.40. The van der Waals surface area contributed by atoms with Gasteiger partial charge in [-0.25, -0.2) is 9.50 Å². The molecule has 6 nitrogen and oxygen atoms in total. The van der Waals surface area contributed by atoms with Crippen LogP contribution in [-0.4, -0.2) is 43.6 Å². The molecule has 8 heteroatoms. The standard InChI is InChI=1S/C22H23ClN6S/c1-15(16-6-10-24-11-7-16)28-12-8-19(9-13-28)25-21-27-29-14-20(26-22(29)30-21)17-2-4-18(23)5-3-17/h2-7,10-11,14-15,19H,8-9,12-13H2,1H3,(H,25,27). The van der Waals surface area contributed by atoms with Crippen molar-refractivity contribution in [2.75, 3.05) is 18.4 Å². The Labute approximate surface area is 184 Å². The molecule has 4 aromatic rings. The molecule has 1 aromatic carbocycles. The van der Waals surface area contributed by atoms with E-state index in [1.54, 1.807) is 11.3 Å². The van der Waals surface area contributed by atoms with Gasteiger partial charge in [-0.3, -0.25) is 9.88 Å². The van der Waals surface area contributed by atoms with Crippen LogP contribution >= 0.6 is 22.9 Å². The molecule has 0 spiro atoms. The molecule has 1 aliphatic rings. The van der Waals surface area contributed by atoms with Crippen molar-refractivity contribution in [3.63, 3.8) is 0 Å². The zero-order chi connectivity index (χ0) is 20.5. The second kappa shape index (κ2) is 8.34. The number of nitrogens with one attached hydrogen (secondary N) is 1. The lowest BCUT2D eigenvalue weighted by molar-refractivity contribution is 0.167. The van der Waals surface area contributed by atoms with Crippen molar-refractivity contribution in [2.24, 2.45) is 0 Å². The molecule has 1 saturated heterocycles. The largest absolute Gasteiger partial charge is 0.357 e. The molecule has 0 aliphatic carbocycles. The fourth-order valence-corrected chi connectivity index (χ4v) is 4.96. The van der Waals surface area contributed by atoms with Gasteiger partial charge >= 0.3 is 0 Å². The normalized spacial score (nSPS) is 16.7. The molecule has 0 bridgehead atoms. The number of hydrogen-bond acceptors (Lipinski definition) is 6. The maximum absolute atomic E-state index is 5.98. The number of nitrogens with zero attached hydrogens (tertiary/aromatic N) is 5. The second-order valence-corrected chi connectivity index (χ2v) is 9.07. The van der Waals surface area contributed by atoms with E-state index in [0.29, 0.717) is 12.1 Å². The summed E-state index contributed by atoms with van der Waals surface area (Å²) in [5.74, 6) is 0. The molecule has 4 heterocycles. The summed E-state index contributed by atoms with van der Waals surface area (Å²) in [4.78, 5) is 12.3. The molecule has 1 fully saturated rings. The van der Waals surface area contributed by atoms with E-state index in [2.05, 4.69) is 39.4 Å². The van der Waals surface area contributed by atoms with Gasteiger partial charge < -0.3 is 5.32 Å². The second-order valence-electron chi connectivity index (χ2n) is 7.68. The average Bonchev–Trinajstić information content (AvgIpc) is 3.34. The highest BCUT2D eigenvalue weighted by Gasteiger charge is 2.24. The first-order valence-electron chi connectivity index (χ1n) is 10.2. The van der Waals surface area contributed by atoms with Gasteiger partial charge in [-0.15, -0.1) is 5.10 Å². The predicted molar refractivity (Wildman–Crippen MR) is 122 cm³/mol. The van der Waals surface area contributed by atoms with Crippen molar-refractivity contribution in [1.29, 1.82) is 0 Å². The van der Waals surface area contributed by atoms with E-state index in [-0.39, 0.29) is 0 Å². The number of piperidine rings is 1. The molecule has 1 unspecified atom stereocenters. The Kier molecular flexibility index (Phi) is 5.41. The number of fused-ring (bicyclic) bond motifs is 1. The molecule has 5 rings (SSSR count). The van der Waals surface area contributed by atoms with Crippen LogP contribution in [0.5, 0.6) is 0 Å². The van der Waals surface area contributed by atoms with Crippen LogP contribution in [0.25, 0.3) is 16.2 Å². The summed E-state index contributed by atoms with van der Waals surface area (Å²) < 4.78 is 1.86. The number of halogens is 1. The number of hydrogen-bond donors (Lipinski definition) is 1. The van der Waals surface area contributed by atoms with E-state index in [4.69, 9.17) is 16.6 Å². The van der Waals surface area contributed by atoms with Crippen molar-refractivity contribution >= 4 is 33.0 Å². The fourth-order valence-electron chi connectivity index (χ4n) is 3.98. The molecule has 0 radical (unpaired) electrons. The van der Waals surface area contributed by atoms with Crippen molar-refractivity contribution in [3.8, 4) is 11.3 Å². The Hall–Kier alpha value is -2.48. The molecule has 0 saturated carbocycles. The van der Waals surface area contributed by atoms with Crippen molar-refractivity contribution in [1.82, 2.24) is 24.5 Å². The molecular formula is C22H23ClN6S. The summed E-state index contributed by atoms with van der Waals surface area (Å²) in [6, 6.07) is 12.8. The SMILES string of the molecule is CC(c1ccncc1)N1CCC(Nc2nn3cc(-c4ccc(Cl)cc4)nc3s2)CC1. The summed E-state index contributed by atoms with van der Waals surface area (Å²) in [5, 5.41) is 9.96. The number of rotatable bonds is 5. The third-order valence-corrected chi connectivity index (χ3v) is 6.88. The monoisotopic (exact) mass is 438 g/mol. The van der Waals surface area contributed by atoms with Gasteiger partial charge in [0.1, 0.15) is 0 Å². The van der Waals surface area contributed by atoms with E-state index in [1.807, 2.05) is 47.4 Å². The van der Waals surface area contributed by atoms with Crippen LogP contribution in [0.3, 0.4) is 0 Å². The minimum Gasteiger partial charge on any atom is -0.357 e. The quantitative estimate of drug-likeness (QED) is 0.467. The van der Waals surface area contributed by atoms with Crippen molar-refractivity contribution < 1.29 is 0 Å². The molecule has 154 valence electrons. The van der Waals surface area contributed by atoms with Gasteiger partial charge in [0.25, 0.3) is 0 Å². The maximum atomic E-state index is 5.98. The van der Waals surface area contributed by atoms with Gasteiger partial charge in [-0.05, 0) is 49.6 Å². The number of pyridine rings is 1. The molecule has 1 atom stereocenters. The molecule has 30 heavy (non-hydrogen) atoms. The number of benzene rings is 1. The highest BCUT2D eigenvalue weighted by molar-refractivity contribution is 7.20. The summed E-state index contributed by atoms with van der Waals surface area (Å²) in [5.41, 5.74) is 3.28. The van der Waals surface area contributed by atoms with Gasteiger partial charge in [-0.1, -0.05) is 35.1 Å². The Balaban J connectivity index is 1.20. The lowest BCUT2D eigenvalue weighted by atomic mass is 10.0. The Morgan fingerprint density at radius 2 is 1.83 bits per heavy atom. The summed E-state index contributed by atoms with van der Waals surface area (Å²) in [6.45, 7) is 4.42. The first kappa shape index (κ1) is 19.5. The van der Waals surface area contributed by atoms with Crippen LogP contribution in [0.2, 0.25) is 5.02 Å². The topological polar surface area (TPSA) is 58.4 Å². The Morgan fingerprint density at radius 3 is 2.53 bits per heavy atom. The highest BCUT2D eigenvalue weighted by atomic mass is 35.5. The van der Waals surface area contributed by atoms with Crippen LogP contribution < -0.4 is 5.32 Å². The number of imidazole rings is 1. The zero-order valence-corrected chi connectivity index (χ0v) is 18.3. The summed E-state index contributed by atoms with van der Waals surface area (Å²) in [7, 11) is 0. The van der Waals surface area contributed by atoms with E-state index >= 15 is 0 Å². The average molecular weight is 439 g/mol. The number of aromatic nitrogens is 4. The number of anilines is 1. The molecule has 3 aromatic heterocycles. The Morgan fingerprint density at radius 1 is 1.10 bits per heavy atom. The first-order chi connectivity index (χ1) is 14.7. The van der Waals surface area contributed by atoms with Gasteiger partial charge in [0.05, 0.1) is 11.9 Å².